The molecule has 4 aromatic rings. The van der Waals surface area contributed by atoms with Crippen molar-refractivity contribution >= 4 is 23.3 Å². The lowest BCUT2D eigenvalue weighted by molar-refractivity contribution is 0.0767. The van der Waals surface area contributed by atoms with Crippen LogP contribution in [0.2, 0.25) is 5.02 Å². The smallest absolute Gasteiger partial charge is 0.253 e. The van der Waals surface area contributed by atoms with E-state index in [1.807, 2.05) is 77.7 Å². The summed E-state index contributed by atoms with van der Waals surface area (Å²) in [5.41, 5.74) is 4.97. The van der Waals surface area contributed by atoms with Gasteiger partial charge in [-0.05, 0) is 43.2 Å². The van der Waals surface area contributed by atoms with E-state index in [1.54, 1.807) is 0 Å². The van der Waals surface area contributed by atoms with E-state index in [0.717, 1.165) is 77.1 Å². The van der Waals surface area contributed by atoms with Gasteiger partial charge in [-0.25, -0.2) is 9.97 Å². The molecule has 3 aromatic carbocycles. The standard InChI is InChI=1S/C30H29ClN4O/c1-22-27(21-23-13-15-26(31)16-14-23)29(33-28(32-22)24-9-4-2-5-10-24)34-17-8-18-35(20-19-34)30(36)25-11-6-3-7-12-25/h2-7,9-16H,8,17-21H2,1H3. The van der Waals surface area contributed by atoms with Crippen LogP contribution in [0.5, 0.6) is 0 Å². The first-order valence-electron chi connectivity index (χ1n) is 12.3. The van der Waals surface area contributed by atoms with Crippen molar-refractivity contribution in [2.75, 3.05) is 31.1 Å². The fourth-order valence-corrected chi connectivity index (χ4v) is 4.79. The summed E-state index contributed by atoms with van der Waals surface area (Å²) in [6.07, 6.45) is 1.60. The minimum absolute atomic E-state index is 0.0858. The zero-order valence-corrected chi connectivity index (χ0v) is 21.2. The van der Waals surface area contributed by atoms with Gasteiger partial charge in [0.25, 0.3) is 5.91 Å². The monoisotopic (exact) mass is 496 g/mol. The number of nitrogens with zero attached hydrogens (tertiary/aromatic N) is 4. The third kappa shape index (κ3) is 5.42. The molecule has 2 heterocycles. The first-order chi connectivity index (χ1) is 17.6. The normalized spacial score (nSPS) is 13.9. The average Bonchev–Trinajstić information content (AvgIpc) is 3.18. The third-order valence-corrected chi connectivity index (χ3v) is 6.87. The van der Waals surface area contributed by atoms with Crippen LogP contribution in [0, 0.1) is 6.92 Å². The number of aromatic nitrogens is 2. The maximum absolute atomic E-state index is 13.1. The molecule has 6 heteroatoms. The van der Waals surface area contributed by atoms with E-state index in [9.17, 15) is 4.79 Å². The van der Waals surface area contributed by atoms with Gasteiger partial charge < -0.3 is 9.80 Å². The molecule has 1 fully saturated rings. The van der Waals surface area contributed by atoms with Crippen LogP contribution in [0.25, 0.3) is 11.4 Å². The summed E-state index contributed by atoms with van der Waals surface area (Å²) < 4.78 is 0. The molecule has 36 heavy (non-hydrogen) atoms. The summed E-state index contributed by atoms with van der Waals surface area (Å²) in [6, 6.07) is 27.6. The number of rotatable bonds is 5. The maximum Gasteiger partial charge on any atom is 0.253 e. The Bertz CT molecular complexity index is 1330. The van der Waals surface area contributed by atoms with Crippen molar-refractivity contribution in [3.63, 3.8) is 0 Å². The topological polar surface area (TPSA) is 49.3 Å². The molecule has 0 N–H and O–H groups in total. The van der Waals surface area contributed by atoms with Gasteiger partial charge in [0.15, 0.2) is 5.82 Å². The highest BCUT2D eigenvalue weighted by Gasteiger charge is 2.24. The molecule has 0 radical (unpaired) electrons. The molecule has 0 unspecified atom stereocenters. The van der Waals surface area contributed by atoms with Crippen molar-refractivity contribution in [2.45, 2.75) is 19.8 Å². The second-order valence-corrected chi connectivity index (χ2v) is 9.54. The highest BCUT2D eigenvalue weighted by Crippen LogP contribution is 2.29. The number of hydrogen-bond donors (Lipinski definition) is 0. The number of hydrogen-bond acceptors (Lipinski definition) is 4. The van der Waals surface area contributed by atoms with E-state index < -0.39 is 0 Å². The molecule has 0 aliphatic carbocycles. The Labute approximate surface area is 217 Å². The van der Waals surface area contributed by atoms with Crippen molar-refractivity contribution in [2.24, 2.45) is 0 Å². The van der Waals surface area contributed by atoms with E-state index >= 15 is 0 Å². The Morgan fingerprint density at radius 3 is 2.25 bits per heavy atom. The van der Waals surface area contributed by atoms with Gasteiger partial charge in [-0.2, -0.15) is 0 Å². The van der Waals surface area contributed by atoms with Crippen LogP contribution < -0.4 is 4.90 Å². The molecule has 0 saturated carbocycles. The fourth-order valence-electron chi connectivity index (χ4n) is 4.67. The SMILES string of the molecule is Cc1nc(-c2ccccc2)nc(N2CCCN(C(=O)c3ccccc3)CC2)c1Cc1ccc(Cl)cc1. The molecule has 182 valence electrons. The van der Waals surface area contributed by atoms with Crippen LogP contribution in [0.3, 0.4) is 0 Å². The van der Waals surface area contributed by atoms with Gasteiger partial charge >= 0.3 is 0 Å². The molecule has 0 atom stereocenters. The summed E-state index contributed by atoms with van der Waals surface area (Å²) in [6.45, 7) is 4.99. The third-order valence-electron chi connectivity index (χ3n) is 6.62. The van der Waals surface area contributed by atoms with E-state index in [1.165, 1.54) is 0 Å². The molecule has 0 bridgehead atoms. The molecule has 5 rings (SSSR count). The van der Waals surface area contributed by atoms with Crippen LogP contribution in [0.1, 0.15) is 33.6 Å². The minimum Gasteiger partial charge on any atom is -0.354 e. The van der Waals surface area contributed by atoms with Gasteiger partial charge in [0, 0.05) is 60.0 Å². The number of aryl methyl sites for hydroxylation is 1. The quantitative estimate of drug-likeness (QED) is 0.337. The molecule has 1 aliphatic heterocycles. The van der Waals surface area contributed by atoms with Gasteiger partial charge in [0.1, 0.15) is 5.82 Å². The zero-order chi connectivity index (χ0) is 24.9. The summed E-state index contributed by atoms with van der Waals surface area (Å²) in [4.78, 5) is 27.4. The Balaban J connectivity index is 1.47. The lowest BCUT2D eigenvalue weighted by atomic mass is 10.0. The number of amides is 1. The number of anilines is 1. The summed E-state index contributed by atoms with van der Waals surface area (Å²) in [5.74, 6) is 1.76. The average molecular weight is 497 g/mol. The second kappa shape index (κ2) is 10.9. The molecule has 5 nitrogen and oxygen atoms in total. The molecule has 1 saturated heterocycles. The summed E-state index contributed by atoms with van der Waals surface area (Å²) in [5, 5.41) is 0.724. The highest BCUT2D eigenvalue weighted by molar-refractivity contribution is 6.30. The van der Waals surface area contributed by atoms with Gasteiger partial charge in [0.05, 0.1) is 0 Å². The minimum atomic E-state index is 0.0858. The predicted octanol–water partition coefficient (Wildman–Crippen LogP) is 6.05. The number of halogens is 1. The first kappa shape index (κ1) is 24.0. The van der Waals surface area contributed by atoms with Crippen molar-refractivity contribution in [3.8, 4) is 11.4 Å². The molecule has 0 spiro atoms. The van der Waals surface area contributed by atoms with E-state index in [4.69, 9.17) is 21.6 Å². The zero-order valence-electron chi connectivity index (χ0n) is 20.4. The number of benzene rings is 3. The van der Waals surface area contributed by atoms with Gasteiger partial charge in [-0.1, -0.05) is 72.3 Å². The largest absolute Gasteiger partial charge is 0.354 e. The van der Waals surface area contributed by atoms with Gasteiger partial charge in [-0.3, -0.25) is 4.79 Å². The fraction of sp³-hybridized carbons (Fsp3) is 0.233. The summed E-state index contributed by atoms with van der Waals surface area (Å²) in [7, 11) is 0. The van der Waals surface area contributed by atoms with Crippen molar-refractivity contribution < 1.29 is 4.79 Å². The molecular weight excluding hydrogens is 468 g/mol. The highest BCUT2D eigenvalue weighted by atomic mass is 35.5. The number of carbonyl (C=O) groups excluding carboxylic acids is 1. The van der Waals surface area contributed by atoms with Gasteiger partial charge in [0.2, 0.25) is 0 Å². The van der Waals surface area contributed by atoms with Crippen molar-refractivity contribution in [1.82, 2.24) is 14.9 Å². The molecule has 1 amide bonds. The lowest BCUT2D eigenvalue weighted by Gasteiger charge is -2.26. The van der Waals surface area contributed by atoms with Crippen LogP contribution in [-0.4, -0.2) is 47.0 Å². The van der Waals surface area contributed by atoms with Crippen molar-refractivity contribution in [3.05, 3.63) is 112 Å². The first-order valence-corrected chi connectivity index (χ1v) is 12.7. The molecule has 1 aromatic heterocycles. The second-order valence-electron chi connectivity index (χ2n) is 9.10. The Hall–Kier alpha value is -3.70. The molecule has 1 aliphatic rings. The predicted molar refractivity (Wildman–Crippen MR) is 146 cm³/mol. The maximum atomic E-state index is 13.1. The Morgan fingerprint density at radius 2 is 1.53 bits per heavy atom. The van der Waals surface area contributed by atoms with E-state index in [2.05, 4.69) is 24.0 Å². The molecular formula is C30H29ClN4O. The van der Waals surface area contributed by atoms with Crippen LogP contribution in [0.4, 0.5) is 5.82 Å². The van der Waals surface area contributed by atoms with Crippen LogP contribution >= 0.6 is 11.6 Å². The van der Waals surface area contributed by atoms with Crippen molar-refractivity contribution in [1.29, 1.82) is 0 Å². The van der Waals surface area contributed by atoms with Crippen LogP contribution in [0.15, 0.2) is 84.9 Å². The number of carbonyl (C=O) groups is 1. The summed E-state index contributed by atoms with van der Waals surface area (Å²) >= 11 is 6.12. The lowest BCUT2D eigenvalue weighted by Crippen LogP contribution is -2.35. The Kier molecular flexibility index (Phi) is 7.28. The van der Waals surface area contributed by atoms with Crippen LogP contribution in [-0.2, 0) is 6.42 Å². The van der Waals surface area contributed by atoms with E-state index in [0.29, 0.717) is 6.54 Å². The van der Waals surface area contributed by atoms with Gasteiger partial charge in [-0.15, -0.1) is 0 Å². The Morgan fingerprint density at radius 1 is 0.833 bits per heavy atom. The van der Waals surface area contributed by atoms with E-state index in [-0.39, 0.29) is 5.91 Å².